The van der Waals surface area contributed by atoms with Gasteiger partial charge in [0.25, 0.3) is 0 Å². The molecule has 1 aromatic rings. The van der Waals surface area contributed by atoms with Crippen molar-refractivity contribution in [1.29, 1.82) is 0 Å². The smallest absolute Gasteiger partial charge is 0.387 e. The van der Waals surface area contributed by atoms with Crippen LogP contribution >= 0.6 is 0 Å². The van der Waals surface area contributed by atoms with Crippen LogP contribution in [0.2, 0.25) is 0 Å². The molecule has 0 saturated carbocycles. The van der Waals surface area contributed by atoms with Gasteiger partial charge in [-0.3, -0.25) is 4.90 Å². The number of rotatable bonds is 6. The van der Waals surface area contributed by atoms with Gasteiger partial charge < -0.3 is 10.5 Å². The molecule has 2 N–H and O–H groups in total. The molecule has 1 aliphatic rings. The van der Waals surface area contributed by atoms with E-state index in [4.69, 9.17) is 5.73 Å². The Morgan fingerprint density at radius 2 is 1.85 bits per heavy atom. The lowest BCUT2D eigenvalue weighted by Crippen LogP contribution is -2.33. The van der Waals surface area contributed by atoms with Crippen LogP contribution in [0.4, 0.5) is 8.78 Å². The van der Waals surface area contributed by atoms with Crippen LogP contribution in [0.1, 0.15) is 24.8 Å². The van der Waals surface area contributed by atoms with E-state index in [0.29, 0.717) is 0 Å². The zero-order valence-electron chi connectivity index (χ0n) is 11.6. The molecule has 1 saturated heterocycles. The first-order valence-corrected chi connectivity index (χ1v) is 7.13. The number of nitrogens with zero attached hydrogens (tertiary/aromatic N) is 1. The number of hydrogen-bond acceptors (Lipinski definition) is 3. The molecule has 2 rings (SSSR count). The van der Waals surface area contributed by atoms with Crippen LogP contribution in [0.3, 0.4) is 0 Å². The Kier molecular flexibility index (Phi) is 5.73. The summed E-state index contributed by atoms with van der Waals surface area (Å²) in [6, 6.07) is 6.90. The van der Waals surface area contributed by atoms with Crippen LogP contribution in [0, 0.1) is 5.92 Å². The molecule has 0 aliphatic carbocycles. The minimum Gasteiger partial charge on any atom is -0.435 e. The highest BCUT2D eigenvalue weighted by atomic mass is 19.3. The average Bonchev–Trinajstić information content (AvgIpc) is 2.43. The Morgan fingerprint density at radius 1 is 1.20 bits per heavy atom. The average molecular weight is 284 g/mol. The summed E-state index contributed by atoms with van der Waals surface area (Å²) in [6.07, 6.45) is 3.51. The van der Waals surface area contributed by atoms with Crippen LogP contribution in [0.5, 0.6) is 5.75 Å². The molecule has 0 aromatic heterocycles. The van der Waals surface area contributed by atoms with E-state index in [1.807, 2.05) is 12.1 Å². The molecule has 5 heteroatoms. The molecule has 3 nitrogen and oxygen atoms in total. The second-order valence-corrected chi connectivity index (χ2v) is 5.32. The number of alkyl halides is 2. The number of hydrogen-bond donors (Lipinski definition) is 1. The molecule has 0 spiro atoms. The molecule has 0 radical (unpaired) electrons. The van der Waals surface area contributed by atoms with Crippen molar-refractivity contribution in [3.05, 3.63) is 29.8 Å². The summed E-state index contributed by atoms with van der Waals surface area (Å²) in [5.41, 5.74) is 6.72. The Balaban J connectivity index is 1.79. The third kappa shape index (κ3) is 4.72. The van der Waals surface area contributed by atoms with Crippen molar-refractivity contribution in [2.75, 3.05) is 19.6 Å². The predicted octanol–water partition coefficient (Wildman–Crippen LogP) is 2.85. The standard InChI is InChI=1S/C15H22F2N2O/c16-15(17)20-14-3-1-13(2-4-14)11-19-9-6-12(5-8-18)7-10-19/h1-4,12,15H,5-11,18H2. The number of halogens is 2. The molecular formula is C15H22F2N2O. The van der Waals surface area contributed by atoms with Gasteiger partial charge in [0.05, 0.1) is 0 Å². The van der Waals surface area contributed by atoms with Crippen LogP contribution in [-0.4, -0.2) is 31.1 Å². The zero-order chi connectivity index (χ0) is 14.4. The summed E-state index contributed by atoms with van der Waals surface area (Å²) < 4.78 is 28.4. The van der Waals surface area contributed by atoms with Gasteiger partial charge in [0.2, 0.25) is 0 Å². The van der Waals surface area contributed by atoms with Gasteiger partial charge in [-0.2, -0.15) is 8.78 Å². The van der Waals surface area contributed by atoms with Crippen molar-refractivity contribution in [1.82, 2.24) is 4.90 Å². The van der Waals surface area contributed by atoms with Gasteiger partial charge in [0, 0.05) is 6.54 Å². The highest BCUT2D eigenvalue weighted by molar-refractivity contribution is 5.27. The fourth-order valence-electron chi connectivity index (χ4n) is 2.70. The lowest BCUT2D eigenvalue weighted by Gasteiger charge is -2.31. The SMILES string of the molecule is NCCC1CCN(Cc2ccc(OC(F)F)cc2)CC1. The molecule has 112 valence electrons. The van der Waals surface area contributed by atoms with E-state index >= 15 is 0 Å². The second-order valence-electron chi connectivity index (χ2n) is 5.32. The Labute approximate surface area is 118 Å². The molecule has 0 amide bonds. The van der Waals surface area contributed by atoms with E-state index in [-0.39, 0.29) is 5.75 Å². The first-order chi connectivity index (χ1) is 9.67. The Morgan fingerprint density at radius 3 is 2.40 bits per heavy atom. The first kappa shape index (κ1) is 15.2. The number of piperidine rings is 1. The molecule has 1 fully saturated rings. The van der Waals surface area contributed by atoms with Crippen molar-refractivity contribution < 1.29 is 13.5 Å². The predicted molar refractivity (Wildman–Crippen MR) is 74.7 cm³/mol. The molecule has 1 aromatic carbocycles. The van der Waals surface area contributed by atoms with Crippen molar-refractivity contribution in [2.45, 2.75) is 32.4 Å². The van der Waals surface area contributed by atoms with E-state index < -0.39 is 6.61 Å². The van der Waals surface area contributed by atoms with Gasteiger partial charge in [0.1, 0.15) is 5.75 Å². The monoisotopic (exact) mass is 284 g/mol. The number of benzene rings is 1. The second kappa shape index (κ2) is 7.55. The zero-order valence-corrected chi connectivity index (χ0v) is 11.6. The summed E-state index contributed by atoms with van der Waals surface area (Å²) in [4.78, 5) is 2.40. The van der Waals surface area contributed by atoms with E-state index in [1.165, 1.54) is 12.8 Å². The molecule has 0 atom stereocenters. The minimum atomic E-state index is -2.76. The van der Waals surface area contributed by atoms with Crippen molar-refractivity contribution in [3.8, 4) is 5.75 Å². The third-order valence-corrected chi connectivity index (χ3v) is 3.84. The third-order valence-electron chi connectivity index (χ3n) is 3.84. The number of ether oxygens (including phenoxy) is 1. The quantitative estimate of drug-likeness (QED) is 0.873. The highest BCUT2D eigenvalue weighted by Gasteiger charge is 2.18. The van der Waals surface area contributed by atoms with Crippen LogP contribution in [0.15, 0.2) is 24.3 Å². The van der Waals surface area contributed by atoms with E-state index in [2.05, 4.69) is 9.64 Å². The summed E-state index contributed by atoms with van der Waals surface area (Å²) in [5, 5.41) is 0. The van der Waals surface area contributed by atoms with Gasteiger partial charge in [0.15, 0.2) is 0 Å². The normalized spacial score (nSPS) is 17.6. The Hall–Kier alpha value is -1.20. The van der Waals surface area contributed by atoms with Gasteiger partial charge in [-0.25, -0.2) is 0 Å². The molecule has 1 aliphatic heterocycles. The van der Waals surface area contributed by atoms with Gasteiger partial charge >= 0.3 is 6.61 Å². The van der Waals surface area contributed by atoms with Crippen molar-refractivity contribution >= 4 is 0 Å². The molecular weight excluding hydrogens is 262 g/mol. The maximum Gasteiger partial charge on any atom is 0.387 e. The molecule has 0 unspecified atom stereocenters. The van der Waals surface area contributed by atoms with E-state index in [0.717, 1.165) is 44.1 Å². The first-order valence-electron chi connectivity index (χ1n) is 7.13. The molecule has 20 heavy (non-hydrogen) atoms. The van der Waals surface area contributed by atoms with Gasteiger partial charge in [-0.05, 0) is 62.5 Å². The molecule has 1 heterocycles. The van der Waals surface area contributed by atoms with Crippen LogP contribution in [-0.2, 0) is 6.54 Å². The van der Waals surface area contributed by atoms with Crippen molar-refractivity contribution in [2.24, 2.45) is 11.7 Å². The lowest BCUT2D eigenvalue weighted by molar-refractivity contribution is -0.0498. The maximum absolute atomic E-state index is 12.1. The summed E-state index contributed by atoms with van der Waals surface area (Å²) in [5.74, 6) is 0.975. The van der Waals surface area contributed by atoms with E-state index in [9.17, 15) is 8.78 Å². The van der Waals surface area contributed by atoms with E-state index in [1.54, 1.807) is 12.1 Å². The summed E-state index contributed by atoms with van der Waals surface area (Å²) in [7, 11) is 0. The highest BCUT2D eigenvalue weighted by Crippen LogP contribution is 2.22. The summed E-state index contributed by atoms with van der Waals surface area (Å²) >= 11 is 0. The maximum atomic E-state index is 12.1. The number of likely N-dealkylation sites (tertiary alicyclic amines) is 1. The van der Waals surface area contributed by atoms with Gasteiger partial charge in [-0.15, -0.1) is 0 Å². The number of nitrogens with two attached hydrogens (primary N) is 1. The fourth-order valence-corrected chi connectivity index (χ4v) is 2.70. The van der Waals surface area contributed by atoms with Gasteiger partial charge in [-0.1, -0.05) is 12.1 Å². The lowest BCUT2D eigenvalue weighted by atomic mass is 9.93. The van der Waals surface area contributed by atoms with Crippen LogP contribution < -0.4 is 10.5 Å². The summed E-state index contributed by atoms with van der Waals surface area (Å²) in [6.45, 7) is 1.04. The Bertz CT molecular complexity index is 389. The van der Waals surface area contributed by atoms with Crippen LogP contribution in [0.25, 0.3) is 0 Å². The largest absolute Gasteiger partial charge is 0.435 e. The van der Waals surface area contributed by atoms with Crippen molar-refractivity contribution in [3.63, 3.8) is 0 Å². The molecule has 0 bridgehead atoms. The topological polar surface area (TPSA) is 38.5 Å². The fraction of sp³-hybridized carbons (Fsp3) is 0.600. The minimum absolute atomic E-state index is 0.213.